The zero-order valence-corrected chi connectivity index (χ0v) is 21.9. The molecule has 212 valence electrons. The van der Waals surface area contributed by atoms with Crippen molar-refractivity contribution in [3.05, 3.63) is 65.0 Å². The first-order chi connectivity index (χ1) is 18.8. The van der Waals surface area contributed by atoms with Crippen molar-refractivity contribution in [3.63, 3.8) is 0 Å². The highest BCUT2D eigenvalue weighted by molar-refractivity contribution is 5.92. The van der Waals surface area contributed by atoms with Crippen molar-refractivity contribution in [1.82, 2.24) is 15.5 Å². The molecule has 0 saturated carbocycles. The van der Waals surface area contributed by atoms with Crippen LogP contribution >= 0.6 is 0 Å². The molecule has 1 heterocycles. The van der Waals surface area contributed by atoms with E-state index in [0.717, 1.165) is 5.56 Å². The molecule has 2 unspecified atom stereocenters. The molecule has 0 saturated heterocycles. The van der Waals surface area contributed by atoms with Crippen molar-refractivity contribution < 1.29 is 28.2 Å². The van der Waals surface area contributed by atoms with Crippen molar-refractivity contribution in [2.75, 3.05) is 33.0 Å². The highest BCUT2D eigenvalue weighted by Crippen LogP contribution is 2.29. The van der Waals surface area contributed by atoms with Gasteiger partial charge in [0.15, 0.2) is 6.79 Å². The predicted octanol–water partition coefficient (Wildman–Crippen LogP) is -0.111. The topological polar surface area (TPSA) is 175 Å². The first kappa shape index (κ1) is 30.0. The molecule has 0 bridgehead atoms. The number of carbonyl (C=O) groups is 3. The van der Waals surface area contributed by atoms with Crippen LogP contribution in [0.1, 0.15) is 29.5 Å². The van der Waals surface area contributed by atoms with Crippen LogP contribution in [0, 0.1) is 5.82 Å². The smallest absolute Gasteiger partial charge is 0.242 e. The standard InChI is InChI=1S/C27H37FN6O5/c28-21-12-19(25-20(13-21)16-38-17-39-25)15-32-27(37)23(7-6-18-4-2-1-3-5-18)33-26(36)22(31)14-24(35)34(10-8-29)11-9-30/h1-5,12-13,22-23H,6-11,14-17,29-31H2,(H,32,37)(H,33,36). The van der Waals surface area contributed by atoms with Crippen LogP contribution in [-0.4, -0.2) is 67.7 Å². The fraction of sp³-hybridized carbons (Fsp3) is 0.444. The summed E-state index contributed by atoms with van der Waals surface area (Å²) in [6.07, 6.45) is 0.526. The normalized spacial score (nSPS) is 13.9. The van der Waals surface area contributed by atoms with Crippen LogP contribution in [0.3, 0.4) is 0 Å². The van der Waals surface area contributed by atoms with Gasteiger partial charge in [-0.3, -0.25) is 14.4 Å². The summed E-state index contributed by atoms with van der Waals surface area (Å²) >= 11 is 0. The summed E-state index contributed by atoms with van der Waals surface area (Å²) < 4.78 is 24.8. The second-order valence-electron chi connectivity index (χ2n) is 9.24. The molecule has 0 radical (unpaired) electrons. The molecule has 0 aromatic heterocycles. The molecule has 39 heavy (non-hydrogen) atoms. The molecule has 0 fully saturated rings. The van der Waals surface area contributed by atoms with Crippen molar-refractivity contribution in [2.24, 2.45) is 17.2 Å². The van der Waals surface area contributed by atoms with E-state index in [0.29, 0.717) is 36.4 Å². The van der Waals surface area contributed by atoms with Gasteiger partial charge < -0.3 is 42.2 Å². The number of halogens is 1. The minimum absolute atomic E-state index is 0.0195. The Kier molecular flexibility index (Phi) is 11.6. The van der Waals surface area contributed by atoms with E-state index in [9.17, 15) is 18.8 Å². The van der Waals surface area contributed by atoms with E-state index in [1.165, 1.54) is 17.0 Å². The third-order valence-electron chi connectivity index (χ3n) is 6.28. The summed E-state index contributed by atoms with van der Waals surface area (Å²) in [5, 5.41) is 5.45. The van der Waals surface area contributed by atoms with Crippen molar-refractivity contribution in [2.45, 2.75) is 44.5 Å². The summed E-state index contributed by atoms with van der Waals surface area (Å²) in [7, 11) is 0. The van der Waals surface area contributed by atoms with Gasteiger partial charge in [-0.1, -0.05) is 30.3 Å². The Morgan fingerprint density at radius 3 is 2.46 bits per heavy atom. The lowest BCUT2D eigenvalue weighted by molar-refractivity contribution is -0.135. The Balaban J connectivity index is 1.67. The van der Waals surface area contributed by atoms with E-state index in [2.05, 4.69) is 10.6 Å². The zero-order chi connectivity index (χ0) is 28.2. The zero-order valence-electron chi connectivity index (χ0n) is 21.9. The third-order valence-corrected chi connectivity index (χ3v) is 6.28. The average molecular weight is 545 g/mol. The molecule has 2 aromatic carbocycles. The maximum atomic E-state index is 14.1. The van der Waals surface area contributed by atoms with Gasteiger partial charge in [0.05, 0.1) is 19.1 Å². The number of aryl methyl sites for hydroxylation is 1. The molecule has 12 heteroatoms. The minimum Gasteiger partial charge on any atom is -0.467 e. The van der Waals surface area contributed by atoms with Gasteiger partial charge in [-0.05, 0) is 30.5 Å². The number of amides is 3. The summed E-state index contributed by atoms with van der Waals surface area (Å²) in [5.74, 6) is -1.47. The number of nitrogens with zero attached hydrogens (tertiary/aromatic N) is 1. The largest absolute Gasteiger partial charge is 0.467 e. The van der Waals surface area contributed by atoms with Crippen LogP contribution < -0.4 is 32.6 Å². The van der Waals surface area contributed by atoms with Gasteiger partial charge >= 0.3 is 0 Å². The lowest BCUT2D eigenvalue weighted by Gasteiger charge is -2.24. The highest BCUT2D eigenvalue weighted by Gasteiger charge is 2.27. The van der Waals surface area contributed by atoms with Crippen LogP contribution in [0.25, 0.3) is 0 Å². The number of nitrogens with two attached hydrogens (primary N) is 3. The van der Waals surface area contributed by atoms with Crippen LogP contribution in [0.15, 0.2) is 42.5 Å². The monoisotopic (exact) mass is 544 g/mol. The number of nitrogens with one attached hydrogen (secondary N) is 2. The molecule has 2 atom stereocenters. The number of rotatable bonds is 14. The SMILES string of the molecule is NCCN(CCN)C(=O)CC(N)C(=O)NC(CCc1ccccc1)C(=O)NCc1cc(F)cc2c1OCOC2. The second-order valence-corrected chi connectivity index (χ2v) is 9.24. The summed E-state index contributed by atoms with van der Waals surface area (Å²) in [4.78, 5) is 40.2. The van der Waals surface area contributed by atoms with Crippen LogP contribution in [-0.2, 0) is 38.7 Å². The Bertz CT molecular complexity index is 1110. The molecular weight excluding hydrogens is 507 g/mol. The lowest BCUT2D eigenvalue weighted by Crippen LogP contribution is -2.53. The van der Waals surface area contributed by atoms with Gasteiger partial charge in [0, 0.05) is 43.9 Å². The maximum Gasteiger partial charge on any atom is 0.242 e. The Labute approximate surface area is 227 Å². The average Bonchev–Trinajstić information content (AvgIpc) is 2.93. The molecule has 0 aliphatic carbocycles. The Morgan fingerprint density at radius 1 is 1.05 bits per heavy atom. The van der Waals surface area contributed by atoms with Crippen LogP contribution in [0.4, 0.5) is 4.39 Å². The van der Waals surface area contributed by atoms with Gasteiger partial charge in [0.25, 0.3) is 0 Å². The second kappa shape index (κ2) is 15.1. The van der Waals surface area contributed by atoms with Gasteiger partial charge in [-0.2, -0.15) is 0 Å². The Hall–Kier alpha value is -3.58. The number of hydrogen-bond donors (Lipinski definition) is 5. The minimum atomic E-state index is -1.17. The summed E-state index contributed by atoms with van der Waals surface area (Å²) in [5.41, 5.74) is 19.1. The van der Waals surface area contributed by atoms with Gasteiger partial charge in [0.2, 0.25) is 17.7 Å². The van der Waals surface area contributed by atoms with E-state index in [-0.39, 0.29) is 51.8 Å². The highest BCUT2D eigenvalue weighted by atomic mass is 19.1. The predicted molar refractivity (Wildman–Crippen MR) is 143 cm³/mol. The fourth-order valence-electron chi connectivity index (χ4n) is 4.28. The molecule has 3 amide bonds. The number of fused-ring (bicyclic) bond motifs is 1. The molecule has 0 spiro atoms. The number of carbonyl (C=O) groups excluding carboxylic acids is 3. The van der Waals surface area contributed by atoms with Crippen molar-refractivity contribution in [3.8, 4) is 5.75 Å². The molecule has 1 aliphatic rings. The summed E-state index contributed by atoms with van der Waals surface area (Å²) in [6.45, 7) is 1.31. The first-order valence-electron chi connectivity index (χ1n) is 12.9. The number of ether oxygens (including phenoxy) is 2. The Morgan fingerprint density at radius 2 is 1.77 bits per heavy atom. The molecule has 2 aromatic rings. The van der Waals surface area contributed by atoms with E-state index >= 15 is 0 Å². The molecule has 3 rings (SSSR count). The molecule has 11 nitrogen and oxygen atoms in total. The van der Waals surface area contributed by atoms with Crippen molar-refractivity contribution in [1.29, 1.82) is 0 Å². The van der Waals surface area contributed by atoms with Gasteiger partial charge in [0.1, 0.15) is 17.6 Å². The molecule has 1 aliphatic heterocycles. The summed E-state index contributed by atoms with van der Waals surface area (Å²) in [6, 6.07) is 9.99. The quantitative estimate of drug-likeness (QED) is 0.219. The lowest BCUT2D eigenvalue weighted by atomic mass is 10.0. The van der Waals surface area contributed by atoms with Crippen molar-refractivity contribution >= 4 is 17.7 Å². The first-order valence-corrected chi connectivity index (χ1v) is 12.9. The van der Waals surface area contributed by atoms with E-state index in [4.69, 9.17) is 26.7 Å². The van der Waals surface area contributed by atoms with E-state index in [1.807, 2.05) is 30.3 Å². The van der Waals surface area contributed by atoms with Gasteiger partial charge in [-0.15, -0.1) is 0 Å². The fourth-order valence-corrected chi connectivity index (χ4v) is 4.28. The number of benzene rings is 2. The molecular formula is C27H37FN6O5. The third kappa shape index (κ3) is 8.99. The number of hydrogen-bond acceptors (Lipinski definition) is 8. The van der Waals surface area contributed by atoms with Crippen LogP contribution in [0.2, 0.25) is 0 Å². The van der Waals surface area contributed by atoms with Gasteiger partial charge in [-0.25, -0.2) is 4.39 Å². The van der Waals surface area contributed by atoms with E-state index < -0.39 is 29.7 Å². The molecule has 8 N–H and O–H groups in total. The van der Waals surface area contributed by atoms with Crippen LogP contribution in [0.5, 0.6) is 5.75 Å². The maximum absolute atomic E-state index is 14.1. The van der Waals surface area contributed by atoms with E-state index in [1.54, 1.807) is 0 Å².